The first kappa shape index (κ1) is 12.8. The predicted molar refractivity (Wildman–Crippen MR) is 72.0 cm³/mol. The van der Waals surface area contributed by atoms with Crippen LogP contribution in [0.5, 0.6) is 5.75 Å². The van der Waals surface area contributed by atoms with E-state index in [-0.39, 0.29) is 0 Å². The summed E-state index contributed by atoms with van der Waals surface area (Å²) in [5.74, 6) is 0.179. The fourth-order valence-corrected chi connectivity index (χ4v) is 1.79. The number of benzene rings is 2. The maximum atomic E-state index is 12.0. The van der Waals surface area contributed by atoms with Gasteiger partial charge in [0.2, 0.25) is 0 Å². The first-order chi connectivity index (χ1) is 9.11. The molecule has 2 rings (SSSR count). The number of carbonyl (C=O) groups is 1. The van der Waals surface area contributed by atoms with Crippen molar-refractivity contribution < 1.29 is 9.53 Å². The van der Waals surface area contributed by atoms with E-state index >= 15 is 0 Å². The molecule has 0 heterocycles. The number of hydrogen-bond acceptors (Lipinski definition) is 3. The molecule has 19 heavy (non-hydrogen) atoms. The van der Waals surface area contributed by atoms with Gasteiger partial charge in [0.05, 0.1) is 17.2 Å². The van der Waals surface area contributed by atoms with E-state index in [0.717, 1.165) is 11.1 Å². The molecule has 0 aliphatic rings. The normalized spacial score (nSPS) is 9.74. The van der Waals surface area contributed by atoms with Crippen LogP contribution in [0.1, 0.15) is 27.0 Å². The molecule has 0 N–H and O–H groups in total. The Bertz CT molecular complexity index is 631. The molecule has 2 aromatic rings. The van der Waals surface area contributed by atoms with Gasteiger partial charge in [-0.1, -0.05) is 18.2 Å². The van der Waals surface area contributed by atoms with Crippen molar-refractivity contribution in [3.63, 3.8) is 0 Å². The van der Waals surface area contributed by atoms with Crippen LogP contribution >= 0.6 is 0 Å². The summed E-state index contributed by atoms with van der Waals surface area (Å²) in [6.07, 6.45) is 0. The third kappa shape index (κ3) is 2.80. The summed E-state index contributed by atoms with van der Waals surface area (Å²) in [5, 5.41) is 8.71. The molecule has 0 aliphatic heterocycles. The van der Waals surface area contributed by atoms with Crippen molar-refractivity contribution in [1.82, 2.24) is 0 Å². The third-order valence-corrected chi connectivity index (χ3v) is 2.85. The summed E-state index contributed by atoms with van der Waals surface area (Å²) in [7, 11) is 0. The zero-order chi connectivity index (χ0) is 13.8. The van der Waals surface area contributed by atoms with Gasteiger partial charge in [0, 0.05) is 0 Å². The highest BCUT2D eigenvalue weighted by atomic mass is 16.5. The lowest BCUT2D eigenvalue weighted by molar-refractivity contribution is 0.0732. The number of esters is 1. The van der Waals surface area contributed by atoms with Gasteiger partial charge >= 0.3 is 5.97 Å². The topological polar surface area (TPSA) is 50.1 Å². The molecular weight excluding hydrogens is 238 g/mol. The minimum atomic E-state index is -0.415. The van der Waals surface area contributed by atoms with Gasteiger partial charge in [-0.05, 0) is 49.2 Å². The molecular formula is C16H13NO2. The Labute approximate surface area is 112 Å². The lowest BCUT2D eigenvalue weighted by Crippen LogP contribution is -2.10. The second-order valence-corrected chi connectivity index (χ2v) is 4.30. The molecule has 0 atom stereocenters. The van der Waals surface area contributed by atoms with E-state index in [4.69, 9.17) is 10.00 Å². The number of nitrogens with zero attached hydrogens (tertiary/aromatic N) is 1. The number of rotatable bonds is 2. The monoisotopic (exact) mass is 251 g/mol. The quantitative estimate of drug-likeness (QED) is 0.607. The molecule has 3 nitrogen and oxygen atoms in total. The Balaban J connectivity index is 2.23. The van der Waals surface area contributed by atoms with Crippen LogP contribution < -0.4 is 4.74 Å². The summed E-state index contributed by atoms with van der Waals surface area (Å²) < 4.78 is 5.41. The highest BCUT2D eigenvalue weighted by molar-refractivity contribution is 5.91. The van der Waals surface area contributed by atoms with Crippen LogP contribution in [0.15, 0.2) is 42.5 Å². The lowest BCUT2D eigenvalue weighted by atomic mass is 10.1. The van der Waals surface area contributed by atoms with Gasteiger partial charge < -0.3 is 4.74 Å². The summed E-state index contributed by atoms with van der Waals surface area (Å²) in [5.41, 5.74) is 2.79. The average Bonchev–Trinajstić information content (AvgIpc) is 2.43. The summed E-state index contributed by atoms with van der Waals surface area (Å²) in [6, 6.07) is 14.1. The number of aryl methyl sites for hydroxylation is 2. The molecule has 94 valence electrons. The third-order valence-electron chi connectivity index (χ3n) is 2.85. The molecule has 0 fully saturated rings. The zero-order valence-corrected chi connectivity index (χ0v) is 10.8. The number of ether oxygens (including phenoxy) is 1. The van der Waals surface area contributed by atoms with E-state index in [0.29, 0.717) is 16.9 Å². The minimum absolute atomic E-state index is 0.415. The Hall–Kier alpha value is -2.60. The van der Waals surface area contributed by atoms with Gasteiger partial charge in [-0.15, -0.1) is 0 Å². The standard InChI is InChI=1S/C16H13NO2/c1-11-4-3-5-12(2)15(11)19-16(18)14-8-6-13(10-17)7-9-14/h3-9H,1-2H3. The van der Waals surface area contributed by atoms with Gasteiger partial charge in [-0.2, -0.15) is 5.26 Å². The van der Waals surface area contributed by atoms with E-state index in [1.165, 1.54) is 0 Å². The maximum Gasteiger partial charge on any atom is 0.343 e. The van der Waals surface area contributed by atoms with E-state index < -0.39 is 5.97 Å². The number of nitriles is 1. The van der Waals surface area contributed by atoms with Gasteiger partial charge in [-0.3, -0.25) is 0 Å². The van der Waals surface area contributed by atoms with Gasteiger partial charge in [0.1, 0.15) is 5.75 Å². The molecule has 0 aromatic heterocycles. The predicted octanol–water partition coefficient (Wildman–Crippen LogP) is 3.39. The molecule has 0 unspecified atom stereocenters. The van der Waals surface area contributed by atoms with E-state index in [1.54, 1.807) is 24.3 Å². The molecule has 2 aromatic carbocycles. The molecule has 0 aliphatic carbocycles. The van der Waals surface area contributed by atoms with Crippen molar-refractivity contribution in [3.8, 4) is 11.8 Å². The Morgan fingerprint density at radius 1 is 1.05 bits per heavy atom. The van der Waals surface area contributed by atoms with Crippen LogP contribution in [0.25, 0.3) is 0 Å². The molecule has 0 saturated carbocycles. The van der Waals surface area contributed by atoms with Crippen molar-refractivity contribution in [2.75, 3.05) is 0 Å². The van der Waals surface area contributed by atoms with Crippen molar-refractivity contribution in [1.29, 1.82) is 5.26 Å². The number of para-hydroxylation sites is 1. The van der Waals surface area contributed by atoms with Gasteiger partial charge in [-0.25, -0.2) is 4.79 Å². The van der Waals surface area contributed by atoms with Crippen LogP contribution in [-0.4, -0.2) is 5.97 Å². The number of carbonyl (C=O) groups excluding carboxylic acids is 1. The highest BCUT2D eigenvalue weighted by Crippen LogP contribution is 2.23. The minimum Gasteiger partial charge on any atom is -0.422 e. The van der Waals surface area contributed by atoms with E-state index in [9.17, 15) is 4.79 Å². The maximum absolute atomic E-state index is 12.0. The van der Waals surface area contributed by atoms with Crippen LogP contribution in [0.4, 0.5) is 0 Å². The van der Waals surface area contributed by atoms with Crippen molar-refractivity contribution in [3.05, 3.63) is 64.7 Å². The van der Waals surface area contributed by atoms with Crippen LogP contribution in [-0.2, 0) is 0 Å². The first-order valence-corrected chi connectivity index (χ1v) is 5.90. The first-order valence-electron chi connectivity index (χ1n) is 5.90. The van der Waals surface area contributed by atoms with E-state index in [1.807, 2.05) is 38.1 Å². The van der Waals surface area contributed by atoms with Crippen LogP contribution in [0, 0.1) is 25.2 Å². The van der Waals surface area contributed by atoms with E-state index in [2.05, 4.69) is 0 Å². The lowest BCUT2D eigenvalue weighted by Gasteiger charge is -2.10. The largest absolute Gasteiger partial charge is 0.422 e. The van der Waals surface area contributed by atoms with Crippen molar-refractivity contribution in [2.24, 2.45) is 0 Å². The molecule has 0 bridgehead atoms. The van der Waals surface area contributed by atoms with Crippen molar-refractivity contribution in [2.45, 2.75) is 13.8 Å². The van der Waals surface area contributed by atoms with Gasteiger partial charge in [0.15, 0.2) is 0 Å². The summed E-state index contributed by atoms with van der Waals surface area (Å²) >= 11 is 0. The summed E-state index contributed by atoms with van der Waals surface area (Å²) in [6.45, 7) is 3.79. The second-order valence-electron chi connectivity index (χ2n) is 4.30. The fourth-order valence-electron chi connectivity index (χ4n) is 1.79. The van der Waals surface area contributed by atoms with Crippen molar-refractivity contribution >= 4 is 5.97 Å². The second kappa shape index (κ2) is 5.36. The molecule has 3 heteroatoms. The Morgan fingerprint density at radius 3 is 2.16 bits per heavy atom. The molecule has 0 saturated heterocycles. The van der Waals surface area contributed by atoms with Crippen LogP contribution in [0.2, 0.25) is 0 Å². The molecule has 0 radical (unpaired) electrons. The van der Waals surface area contributed by atoms with Crippen LogP contribution in [0.3, 0.4) is 0 Å². The van der Waals surface area contributed by atoms with Gasteiger partial charge in [0.25, 0.3) is 0 Å². The average molecular weight is 251 g/mol. The number of hydrogen-bond donors (Lipinski definition) is 0. The smallest absolute Gasteiger partial charge is 0.343 e. The Kier molecular flexibility index (Phi) is 3.63. The summed E-state index contributed by atoms with van der Waals surface area (Å²) in [4.78, 5) is 12.0. The fraction of sp³-hybridized carbons (Fsp3) is 0.125. The zero-order valence-electron chi connectivity index (χ0n) is 10.8. The Morgan fingerprint density at radius 2 is 1.63 bits per heavy atom. The SMILES string of the molecule is Cc1cccc(C)c1OC(=O)c1ccc(C#N)cc1. The molecule has 0 spiro atoms. The highest BCUT2D eigenvalue weighted by Gasteiger charge is 2.11. The molecule has 0 amide bonds.